The fourth-order valence-electron chi connectivity index (χ4n) is 0.542. The van der Waals surface area contributed by atoms with E-state index in [0.717, 1.165) is 5.75 Å². The van der Waals surface area contributed by atoms with Gasteiger partial charge in [-0.05, 0) is 0 Å². The molecule has 1 aromatic heterocycles. The van der Waals surface area contributed by atoms with Gasteiger partial charge in [0.15, 0.2) is 7.05 Å². The average molecular weight is 113 g/mol. The molecule has 3 nitrogen and oxygen atoms in total. The van der Waals surface area contributed by atoms with Crippen LogP contribution in [0.3, 0.4) is 0 Å². The van der Waals surface area contributed by atoms with Crippen LogP contribution in [0.5, 0.6) is 5.75 Å². The first-order chi connectivity index (χ1) is 3.83. The standard InChI is InChI=1S/C5H8N2O/c1-7-4-5(8-2)3-6-7/h3-4H,1-2H3/p+1. The summed E-state index contributed by atoms with van der Waals surface area (Å²) in [5, 5.41) is 2.91. The summed E-state index contributed by atoms with van der Waals surface area (Å²) in [5.41, 5.74) is 0. The lowest BCUT2D eigenvalue weighted by Crippen LogP contribution is -2.27. The number of hydrogen-bond donors (Lipinski definition) is 1. The summed E-state index contributed by atoms with van der Waals surface area (Å²) in [6.07, 6.45) is 3.65. The molecule has 8 heavy (non-hydrogen) atoms. The van der Waals surface area contributed by atoms with Crippen molar-refractivity contribution in [3.63, 3.8) is 0 Å². The molecule has 0 atom stereocenters. The third-order valence-electron chi connectivity index (χ3n) is 0.967. The molecule has 0 radical (unpaired) electrons. The van der Waals surface area contributed by atoms with E-state index in [4.69, 9.17) is 4.74 Å². The number of H-pyrrole nitrogens is 1. The van der Waals surface area contributed by atoms with Gasteiger partial charge < -0.3 is 4.74 Å². The monoisotopic (exact) mass is 113 g/mol. The number of hydrogen-bond acceptors (Lipinski definition) is 1. The largest absolute Gasteiger partial charge is 0.490 e. The molecule has 0 saturated heterocycles. The van der Waals surface area contributed by atoms with Gasteiger partial charge in [0.05, 0.1) is 7.11 Å². The lowest BCUT2D eigenvalue weighted by atomic mass is 10.7. The maximum absolute atomic E-state index is 4.88. The Labute approximate surface area is 47.9 Å². The van der Waals surface area contributed by atoms with Gasteiger partial charge >= 0.3 is 0 Å². The molecule has 0 aromatic carbocycles. The summed E-state index contributed by atoms with van der Waals surface area (Å²) in [6.45, 7) is 0. The number of ether oxygens (including phenoxy) is 1. The third-order valence-corrected chi connectivity index (χ3v) is 0.967. The van der Waals surface area contributed by atoms with E-state index in [-0.39, 0.29) is 0 Å². The average Bonchev–Trinajstić information content (AvgIpc) is 2.14. The van der Waals surface area contributed by atoms with Crippen molar-refractivity contribution in [1.82, 2.24) is 5.10 Å². The maximum atomic E-state index is 4.88. The highest BCUT2D eigenvalue weighted by Crippen LogP contribution is 1.99. The van der Waals surface area contributed by atoms with Gasteiger partial charge in [-0.25, -0.2) is 0 Å². The normalized spacial score (nSPS) is 9.25. The molecule has 0 fully saturated rings. The van der Waals surface area contributed by atoms with Crippen LogP contribution in [0.1, 0.15) is 0 Å². The number of nitrogens with one attached hydrogen (secondary N) is 1. The number of rotatable bonds is 1. The highest BCUT2D eigenvalue weighted by molar-refractivity contribution is 5.06. The third kappa shape index (κ3) is 0.804. The topological polar surface area (TPSA) is 28.9 Å². The van der Waals surface area contributed by atoms with Crippen molar-refractivity contribution in [3.05, 3.63) is 12.4 Å². The molecule has 1 heterocycles. The van der Waals surface area contributed by atoms with Crippen LogP contribution >= 0.6 is 0 Å². The second-order valence-electron chi connectivity index (χ2n) is 1.62. The van der Waals surface area contributed by atoms with Gasteiger partial charge in [0.2, 0.25) is 11.9 Å². The number of aryl methyl sites for hydroxylation is 1. The van der Waals surface area contributed by atoms with E-state index in [0.29, 0.717) is 0 Å². The predicted octanol–water partition coefficient (Wildman–Crippen LogP) is -0.152. The molecule has 1 aromatic rings. The van der Waals surface area contributed by atoms with Crippen LogP contribution in [-0.4, -0.2) is 12.2 Å². The van der Waals surface area contributed by atoms with Gasteiger partial charge in [-0.15, -0.1) is 4.68 Å². The molecule has 0 aliphatic carbocycles. The molecule has 0 unspecified atom stereocenters. The Hall–Kier alpha value is -0.990. The fourth-order valence-corrected chi connectivity index (χ4v) is 0.542. The highest BCUT2D eigenvalue weighted by Gasteiger charge is 1.96. The quantitative estimate of drug-likeness (QED) is 0.504. The zero-order chi connectivity index (χ0) is 5.98. The van der Waals surface area contributed by atoms with Crippen LogP contribution in [0.15, 0.2) is 12.4 Å². The summed E-state index contributed by atoms with van der Waals surface area (Å²) in [7, 11) is 3.55. The van der Waals surface area contributed by atoms with Crippen LogP contribution < -0.4 is 9.42 Å². The molecule has 1 rings (SSSR count). The van der Waals surface area contributed by atoms with E-state index in [1.54, 1.807) is 13.3 Å². The zero-order valence-corrected chi connectivity index (χ0v) is 5.01. The second kappa shape index (κ2) is 1.86. The molecule has 0 aliphatic rings. The van der Waals surface area contributed by atoms with Gasteiger partial charge in [-0.1, -0.05) is 0 Å². The van der Waals surface area contributed by atoms with Gasteiger partial charge in [-0.3, -0.25) is 0 Å². The molecular formula is C5H9N2O+. The highest BCUT2D eigenvalue weighted by atomic mass is 16.5. The minimum Gasteiger partial charge on any atom is -0.490 e. The Bertz CT molecular complexity index is 171. The van der Waals surface area contributed by atoms with Crippen molar-refractivity contribution in [1.29, 1.82) is 0 Å². The van der Waals surface area contributed by atoms with E-state index in [9.17, 15) is 0 Å². The van der Waals surface area contributed by atoms with E-state index in [2.05, 4.69) is 5.10 Å². The van der Waals surface area contributed by atoms with E-state index < -0.39 is 0 Å². The molecule has 0 saturated carbocycles. The molecule has 3 heteroatoms. The predicted molar refractivity (Wildman–Crippen MR) is 28.5 cm³/mol. The van der Waals surface area contributed by atoms with E-state index >= 15 is 0 Å². The van der Waals surface area contributed by atoms with Gasteiger partial charge in [0, 0.05) is 0 Å². The van der Waals surface area contributed by atoms with Crippen molar-refractivity contribution in [2.45, 2.75) is 0 Å². The number of aromatic nitrogens is 2. The van der Waals surface area contributed by atoms with Crippen molar-refractivity contribution < 1.29 is 9.42 Å². The summed E-state index contributed by atoms with van der Waals surface area (Å²) < 4.78 is 6.70. The van der Waals surface area contributed by atoms with E-state index in [1.807, 2.05) is 17.9 Å². The lowest BCUT2D eigenvalue weighted by Gasteiger charge is -1.82. The van der Waals surface area contributed by atoms with Crippen molar-refractivity contribution >= 4 is 0 Å². The second-order valence-corrected chi connectivity index (χ2v) is 1.62. The van der Waals surface area contributed by atoms with E-state index in [1.165, 1.54) is 0 Å². The van der Waals surface area contributed by atoms with Crippen LogP contribution in [0.25, 0.3) is 0 Å². The molecule has 1 N–H and O–H groups in total. The van der Waals surface area contributed by atoms with Crippen LogP contribution in [0.4, 0.5) is 0 Å². The molecule has 0 bridgehead atoms. The number of aromatic amines is 1. The van der Waals surface area contributed by atoms with Gasteiger partial charge in [0.1, 0.15) is 6.20 Å². The van der Waals surface area contributed by atoms with Gasteiger partial charge in [0.25, 0.3) is 0 Å². The van der Waals surface area contributed by atoms with Crippen molar-refractivity contribution in [2.24, 2.45) is 7.05 Å². The molecule has 44 valence electrons. The summed E-state index contributed by atoms with van der Waals surface area (Å²) >= 11 is 0. The minimum atomic E-state index is 0.854. The summed E-state index contributed by atoms with van der Waals surface area (Å²) in [6, 6.07) is 0. The Kier molecular flexibility index (Phi) is 1.20. The Morgan fingerprint density at radius 2 is 2.50 bits per heavy atom. The Morgan fingerprint density at radius 3 is 2.75 bits per heavy atom. The molecule has 0 amide bonds. The summed E-state index contributed by atoms with van der Waals surface area (Å²) in [4.78, 5) is 0. The number of nitrogens with zero attached hydrogens (tertiary/aromatic N) is 1. The maximum Gasteiger partial charge on any atom is 0.236 e. The first-order valence-corrected chi connectivity index (χ1v) is 2.41. The minimum absolute atomic E-state index is 0.854. The van der Waals surface area contributed by atoms with Crippen molar-refractivity contribution in [2.75, 3.05) is 7.11 Å². The van der Waals surface area contributed by atoms with Crippen LogP contribution in [-0.2, 0) is 7.05 Å². The Morgan fingerprint density at radius 1 is 1.75 bits per heavy atom. The molecule has 0 aliphatic heterocycles. The molecular weight excluding hydrogens is 104 g/mol. The van der Waals surface area contributed by atoms with Crippen LogP contribution in [0.2, 0.25) is 0 Å². The fraction of sp³-hybridized carbons (Fsp3) is 0.400. The zero-order valence-electron chi connectivity index (χ0n) is 5.01. The number of methoxy groups -OCH3 is 1. The first-order valence-electron chi connectivity index (χ1n) is 2.41. The SMILES string of the molecule is COc1c[nH][n+](C)c1. The summed E-state index contributed by atoms with van der Waals surface area (Å²) in [5.74, 6) is 0.854. The Balaban J connectivity index is 2.84. The van der Waals surface area contributed by atoms with Crippen LogP contribution in [0, 0.1) is 0 Å². The lowest BCUT2D eigenvalue weighted by molar-refractivity contribution is -0.726. The smallest absolute Gasteiger partial charge is 0.236 e. The van der Waals surface area contributed by atoms with Gasteiger partial charge in [-0.2, -0.15) is 5.10 Å². The molecule has 0 spiro atoms. The first kappa shape index (κ1) is 5.15. The van der Waals surface area contributed by atoms with Crippen molar-refractivity contribution in [3.8, 4) is 5.75 Å².